The van der Waals surface area contributed by atoms with Crippen molar-refractivity contribution in [2.24, 2.45) is 5.92 Å². The van der Waals surface area contributed by atoms with Gasteiger partial charge in [-0.2, -0.15) is 0 Å². The number of rotatable bonds is 5. The monoisotopic (exact) mass is 272 g/mol. The lowest BCUT2D eigenvalue weighted by atomic mass is 9.83. The van der Waals surface area contributed by atoms with Crippen LogP contribution in [0.25, 0.3) is 0 Å². The molecule has 0 N–H and O–H groups in total. The predicted octanol–water partition coefficient (Wildman–Crippen LogP) is 2.08. The van der Waals surface area contributed by atoms with Crippen LogP contribution < -0.4 is 0 Å². The Morgan fingerprint density at radius 3 is 2.26 bits per heavy atom. The van der Waals surface area contributed by atoms with Crippen molar-refractivity contribution in [1.82, 2.24) is 0 Å². The van der Waals surface area contributed by atoms with Gasteiger partial charge in [0.1, 0.15) is 0 Å². The Hall–Kier alpha value is -1.10. The highest BCUT2D eigenvalue weighted by Gasteiger charge is 2.55. The fraction of sp³-hybridized carbons (Fsp3) is 0.857. The molecule has 0 radical (unpaired) electrons. The van der Waals surface area contributed by atoms with E-state index >= 15 is 0 Å². The lowest BCUT2D eigenvalue weighted by Crippen LogP contribution is -2.44. The Morgan fingerprint density at radius 2 is 1.74 bits per heavy atom. The molecule has 0 unspecified atom stereocenters. The van der Waals surface area contributed by atoms with Crippen LogP contribution in [0, 0.1) is 5.92 Å². The molecule has 5 nitrogen and oxygen atoms in total. The summed E-state index contributed by atoms with van der Waals surface area (Å²) in [5, 5.41) is 0. The molecule has 0 bridgehead atoms. The summed E-state index contributed by atoms with van der Waals surface area (Å²) in [6.07, 6.45) is 0.799. The zero-order valence-electron chi connectivity index (χ0n) is 12.4. The highest BCUT2D eigenvalue weighted by atomic mass is 16.6. The van der Waals surface area contributed by atoms with Crippen molar-refractivity contribution in [2.75, 3.05) is 13.2 Å². The smallest absolute Gasteiger partial charge is 0.338 e. The molecular formula is C14H24O5. The molecule has 1 aliphatic rings. The fourth-order valence-electron chi connectivity index (χ4n) is 2.66. The molecule has 0 aliphatic carbocycles. The van der Waals surface area contributed by atoms with Crippen LogP contribution in [0.1, 0.15) is 47.5 Å². The summed E-state index contributed by atoms with van der Waals surface area (Å²) >= 11 is 0. The Morgan fingerprint density at radius 1 is 1.16 bits per heavy atom. The zero-order valence-corrected chi connectivity index (χ0v) is 12.4. The number of carbonyl (C=O) groups excluding carboxylic acids is 2. The first-order valence-corrected chi connectivity index (χ1v) is 6.78. The third-order valence-corrected chi connectivity index (χ3v) is 3.40. The molecule has 5 heteroatoms. The van der Waals surface area contributed by atoms with Gasteiger partial charge in [0.2, 0.25) is 0 Å². The van der Waals surface area contributed by atoms with E-state index in [0.717, 1.165) is 0 Å². The maximum atomic E-state index is 12.1. The highest BCUT2D eigenvalue weighted by Crippen LogP contribution is 2.44. The maximum Gasteiger partial charge on any atom is 0.338 e. The van der Waals surface area contributed by atoms with Crippen LogP contribution in [0.3, 0.4) is 0 Å². The largest absolute Gasteiger partial charge is 0.466 e. The van der Waals surface area contributed by atoms with E-state index in [9.17, 15) is 9.59 Å². The van der Waals surface area contributed by atoms with E-state index < -0.39 is 17.2 Å². The molecule has 0 aromatic heterocycles. The molecule has 0 aromatic rings. The summed E-state index contributed by atoms with van der Waals surface area (Å²) < 4.78 is 15.9. The van der Waals surface area contributed by atoms with Gasteiger partial charge in [-0.3, -0.25) is 4.79 Å². The minimum atomic E-state index is -1.08. The molecule has 0 spiro atoms. The first-order valence-electron chi connectivity index (χ1n) is 6.78. The van der Waals surface area contributed by atoms with Crippen LogP contribution in [0.15, 0.2) is 0 Å². The van der Waals surface area contributed by atoms with Gasteiger partial charge < -0.3 is 14.2 Å². The molecule has 1 saturated heterocycles. The number of hydrogen-bond acceptors (Lipinski definition) is 5. The molecule has 1 fully saturated rings. The van der Waals surface area contributed by atoms with E-state index in [1.54, 1.807) is 20.8 Å². The molecule has 110 valence electrons. The van der Waals surface area contributed by atoms with Gasteiger partial charge in [0.05, 0.1) is 25.2 Å². The average Bonchev–Trinajstić information content (AvgIpc) is 2.50. The summed E-state index contributed by atoms with van der Waals surface area (Å²) in [4.78, 5) is 23.8. The zero-order chi connectivity index (χ0) is 14.7. The van der Waals surface area contributed by atoms with Gasteiger partial charge in [-0.05, 0) is 41.0 Å². The molecule has 1 aliphatic heterocycles. The van der Waals surface area contributed by atoms with Gasteiger partial charge >= 0.3 is 11.9 Å². The van der Waals surface area contributed by atoms with Gasteiger partial charge in [0.15, 0.2) is 5.60 Å². The van der Waals surface area contributed by atoms with E-state index in [4.69, 9.17) is 14.2 Å². The predicted molar refractivity (Wildman–Crippen MR) is 69.6 cm³/mol. The molecular weight excluding hydrogens is 248 g/mol. The minimum absolute atomic E-state index is 0.173. The number of carbonyl (C=O) groups is 2. The second kappa shape index (κ2) is 5.90. The second-order valence-corrected chi connectivity index (χ2v) is 5.60. The van der Waals surface area contributed by atoms with Crippen molar-refractivity contribution in [1.29, 1.82) is 0 Å². The van der Waals surface area contributed by atoms with E-state index in [1.165, 1.54) is 0 Å². The van der Waals surface area contributed by atoms with Crippen LogP contribution in [0.4, 0.5) is 0 Å². The van der Waals surface area contributed by atoms with Crippen molar-refractivity contribution in [3.05, 3.63) is 0 Å². The molecule has 1 rings (SSSR count). The third-order valence-electron chi connectivity index (χ3n) is 3.40. The van der Waals surface area contributed by atoms with Gasteiger partial charge in [-0.1, -0.05) is 0 Å². The van der Waals surface area contributed by atoms with E-state index in [0.29, 0.717) is 19.6 Å². The normalized spacial score (nSPS) is 29.0. The molecule has 2 atom stereocenters. The summed E-state index contributed by atoms with van der Waals surface area (Å²) in [5.74, 6) is -0.931. The number of ether oxygens (including phenoxy) is 3. The van der Waals surface area contributed by atoms with Crippen LogP contribution in [-0.4, -0.2) is 36.4 Å². The first kappa shape index (κ1) is 16.0. The van der Waals surface area contributed by atoms with Crippen LogP contribution >= 0.6 is 0 Å². The van der Waals surface area contributed by atoms with E-state index in [-0.39, 0.29) is 18.3 Å². The van der Waals surface area contributed by atoms with Crippen molar-refractivity contribution < 1.29 is 23.8 Å². The second-order valence-electron chi connectivity index (χ2n) is 5.60. The molecule has 0 amide bonds. The number of hydrogen-bond donors (Lipinski definition) is 0. The van der Waals surface area contributed by atoms with Crippen molar-refractivity contribution >= 4 is 11.9 Å². The summed E-state index contributed by atoms with van der Waals surface area (Å²) in [6.45, 7) is 9.67. The number of esters is 2. The fourth-order valence-corrected chi connectivity index (χ4v) is 2.66. The lowest BCUT2D eigenvalue weighted by Gasteiger charge is -2.28. The van der Waals surface area contributed by atoms with Crippen molar-refractivity contribution in [2.45, 2.75) is 58.7 Å². The summed E-state index contributed by atoms with van der Waals surface area (Å²) in [7, 11) is 0. The van der Waals surface area contributed by atoms with Gasteiger partial charge in [0.25, 0.3) is 0 Å². The highest BCUT2D eigenvalue weighted by molar-refractivity contribution is 5.81. The van der Waals surface area contributed by atoms with Crippen LogP contribution in [0.5, 0.6) is 0 Å². The van der Waals surface area contributed by atoms with Crippen molar-refractivity contribution in [3.63, 3.8) is 0 Å². The van der Waals surface area contributed by atoms with Crippen molar-refractivity contribution in [3.8, 4) is 0 Å². The van der Waals surface area contributed by atoms with Crippen LogP contribution in [-0.2, 0) is 23.8 Å². The quantitative estimate of drug-likeness (QED) is 0.717. The SMILES string of the molecule is CCOC(=O)C[C@H]1CC(C)(C)O[C@]1(C)C(=O)OCC. The molecule has 1 heterocycles. The molecule has 0 saturated carbocycles. The standard InChI is InChI=1S/C14H24O5/c1-6-17-11(15)8-10-9-13(3,4)19-14(10,5)12(16)18-7-2/h10H,6-9H2,1-5H3/t10-,14-/m0/s1. The lowest BCUT2D eigenvalue weighted by molar-refractivity contribution is -0.178. The van der Waals surface area contributed by atoms with Crippen LogP contribution in [0.2, 0.25) is 0 Å². The van der Waals surface area contributed by atoms with E-state index in [2.05, 4.69) is 0 Å². The summed E-state index contributed by atoms with van der Waals surface area (Å²) in [6, 6.07) is 0. The van der Waals surface area contributed by atoms with E-state index in [1.807, 2.05) is 13.8 Å². The van der Waals surface area contributed by atoms with Gasteiger partial charge in [-0.25, -0.2) is 4.79 Å². The Balaban J connectivity index is 2.86. The van der Waals surface area contributed by atoms with Gasteiger partial charge in [0, 0.05) is 5.92 Å². The molecule has 19 heavy (non-hydrogen) atoms. The Bertz CT molecular complexity index is 350. The maximum absolute atomic E-state index is 12.1. The van der Waals surface area contributed by atoms with Gasteiger partial charge in [-0.15, -0.1) is 0 Å². The Kier molecular flexibility index (Phi) is 4.96. The summed E-state index contributed by atoms with van der Waals surface area (Å²) in [5.41, 5.74) is -1.52. The first-order chi connectivity index (χ1) is 8.75. The Labute approximate surface area is 114 Å². The third kappa shape index (κ3) is 3.69. The molecule has 0 aromatic carbocycles. The minimum Gasteiger partial charge on any atom is -0.466 e. The topological polar surface area (TPSA) is 61.8 Å². The average molecular weight is 272 g/mol.